The summed E-state index contributed by atoms with van der Waals surface area (Å²) >= 11 is 3.57. The lowest BCUT2D eigenvalue weighted by Crippen LogP contribution is -2.56. The van der Waals surface area contributed by atoms with E-state index in [2.05, 4.69) is 42.8 Å². The molecule has 0 spiro atoms. The number of aliphatic hydroxyl groups excluding tert-OH is 2. The quantitative estimate of drug-likeness (QED) is 0.330. The van der Waals surface area contributed by atoms with Crippen LogP contribution in [0.25, 0.3) is 15.9 Å². The average molecular weight is 614 g/mol. The first kappa shape index (κ1) is 24.6. The number of hydrogen-bond donors (Lipinski definition) is 2. The highest BCUT2D eigenvalue weighted by atomic mass is 127. The van der Waals surface area contributed by atoms with E-state index in [0.717, 1.165) is 13.3 Å². The molecule has 4 unspecified atom stereocenters. The number of halogens is 2. The van der Waals surface area contributed by atoms with Crippen LogP contribution in [0.3, 0.4) is 0 Å². The molecule has 1 aromatic carbocycles. The normalized spacial score (nSPS) is 25.9. The standard InChI is InChI=1S/C22H24FIN6O4S/c1-9(31)19-20(33-4)17(29-8-12(24)7-25-29)18(32)21(34-19)22-26-10(2)28-30(22)15-6-16-14(5-13(15)23)27-11(3)35-16/h5-9,17-21,31-32H,1-4H3/t9?,17?,18?,19?,20-,21-/m1/s1. The van der Waals surface area contributed by atoms with E-state index in [4.69, 9.17) is 9.47 Å². The third kappa shape index (κ3) is 4.38. The van der Waals surface area contributed by atoms with E-state index >= 15 is 4.39 Å². The van der Waals surface area contributed by atoms with Crippen LogP contribution in [0.1, 0.15) is 35.7 Å². The molecule has 4 aromatic rings. The summed E-state index contributed by atoms with van der Waals surface area (Å²) in [7, 11) is 1.49. The predicted molar refractivity (Wildman–Crippen MR) is 134 cm³/mol. The molecule has 2 N–H and O–H groups in total. The van der Waals surface area contributed by atoms with Gasteiger partial charge in [0, 0.05) is 19.4 Å². The molecule has 35 heavy (non-hydrogen) atoms. The zero-order valence-corrected chi connectivity index (χ0v) is 22.3. The van der Waals surface area contributed by atoms with Gasteiger partial charge >= 0.3 is 0 Å². The summed E-state index contributed by atoms with van der Waals surface area (Å²) in [6, 6.07) is 2.32. The van der Waals surface area contributed by atoms with Gasteiger partial charge in [0.15, 0.2) is 11.6 Å². The maximum Gasteiger partial charge on any atom is 0.164 e. The molecule has 1 saturated heterocycles. The van der Waals surface area contributed by atoms with E-state index in [1.54, 1.807) is 37.0 Å². The fourth-order valence-electron chi connectivity index (χ4n) is 4.56. The van der Waals surface area contributed by atoms with Crippen LogP contribution in [-0.2, 0) is 9.47 Å². The Morgan fingerprint density at radius 2 is 2.06 bits per heavy atom. The Hall–Kier alpha value is -2.04. The van der Waals surface area contributed by atoms with Crippen molar-refractivity contribution in [2.45, 2.75) is 57.3 Å². The molecule has 0 amide bonds. The van der Waals surface area contributed by atoms with E-state index in [1.807, 2.05) is 6.92 Å². The van der Waals surface area contributed by atoms with E-state index in [-0.39, 0.29) is 11.5 Å². The van der Waals surface area contributed by atoms with E-state index in [9.17, 15) is 10.2 Å². The smallest absolute Gasteiger partial charge is 0.164 e. The van der Waals surface area contributed by atoms with Crippen LogP contribution in [0.2, 0.25) is 0 Å². The molecule has 0 radical (unpaired) electrons. The largest absolute Gasteiger partial charge is 0.391 e. The number of ether oxygens (including phenoxy) is 2. The van der Waals surface area contributed by atoms with Crippen molar-refractivity contribution >= 4 is 44.1 Å². The number of hydrogen-bond acceptors (Lipinski definition) is 9. The van der Waals surface area contributed by atoms with Crippen molar-refractivity contribution in [1.82, 2.24) is 29.5 Å². The number of nitrogens with zero attached hydrogens (tertiary/aromatic N) is 6. The van der Waals surface area contributed by atoms with E-state index in [1.165, 1.54) is 29.2 Å². The molecule has 1 aliphatic rings. The lowest BCUT2D eigenvalue weighted by atomic mass is 9.89. The Bertz CT molecular complexity index is 1370. The minimum atomic E-state index is -1.19. The maximum absolute atomic E-state index is 15.2. The summed E-state index contributed by atoms with van der Waals surface area (Å²) in [5, 5.41) is 31.7. The maximum atomic E-state index is 15.2. The van der Waals surface area contributed by atoms with Gasteiger partial charge in [0.05, 0.1) is 31.1 Å². The van der Waals surface area contributed by atoms with Gasteiger partial charge in [-0.3, -0.25) is 4.68 Å². The molecule has 5 rings (SSSR count). The van der Waals surface area contributed by atoms with Crippen LogP contribution in [0, 0.1) is 23.2 Å². The Balaban J connectivity index is 1.64. The fraction of sp³-hybridized carbons (Fsp3) is 0.455. The molecule has 4 heterocycles. The van der Waals surface area contributed by atoms with Crippen molar-refractivity contribution in [1.29, 1.82) is 0 Å². The van der Waals surface area contributed by atoms with Gasteiger partial charge in [-0.25, -0.2) is 19.0 Å². The Morgan fingerprint density at radius 1 is 1.29 bits per heavy atom. The number of benzene rings is 1. The highest BCUT2D eigenvalue weighted by Crippen LogP contribution is 2.41. The second-order valence-electron chi connectivity index (χ2n) is 8.52. The molecule has 6 atom stereocenters. The number of aliphatic hydroxyl groups is 2. The third-order valence-corrected chi connectivity index (χ3v) is 7.52. The molecule has 1 fully saturated rings. The van der Waals surface area contributed by atoms with Crippen molar-refractivity contribution in [3.63, 3.8) is 0 Å². The summed E-state index contributed by atoms with van der Waals surface area (Å²) in [5.41, 5.74) is 0.728. The van der Waals surface area contributed by atoms with E-state index in [0.29, 0.717) is 11.3 Å². The average Bonchev–Trinajstić information content (AvgIpc) is 3.49. The summed E-state index contributed by atoms with van der Waals surface area (Å²) in [6.07, 6.45) is -1.26. The van der Waals surface area contributed by atoms with Crippen molar-refractivity contribution in [3.05, 3.63) is 50.6 Å². The van der Waals surface area contributed by atoms with Gasteiger partial charge in [0.1, 0.15) is 42.0 Å². The van der Waals surface area contributed by atoms with E-state index < -0.39 is 42.4 Å². The van der Waals surface area contributed by atoms with Crippen LogP contribution < -0.4 is 0 Å². The zero-order chi connectivity index (χ0) is 25.0. The molecule has 10 nitrogen and oxygen atoms in total. The van der Waals surface area contributed by atoms with Gasteiger partial charge in [-0.15, -0.1) is 11.3 Å². The van der Waals surface area contributed by atoms with Crippen LogP contribution in [0.4, 0.5) is 4.39 Å². The van der Waals surface area contributed by atoms with Gasteiger partial charge < -0.3 is 19.7 Å². The number of rotatable bonds is 5. The molecule has 3 aromatic heterocycles. The third-order valence-electron chi connectivity index (χ3n) is 6.03. The summed E-state index contributed by atoms with van der Waals surface area (Å²) in [5.74, 6) is 0.0595. The molecule has 13 heteroatoms. The molecular weight excluding hydrogens is 590 g/mol. The molecule has 0 saturated carbocycles. The summed E-state index contributed by atoms with van der Waals surface area (Å²) in [6.45, 7) is 5.13. The van der Waals surface area contributed by atoms with Crippen LogP contribution in [0.15, 0.2) is 24.5 Å². The van der Waals surface area contributed by atoms with Gasteiger partial charge in [-0.1, -0.05) is 0 Å². The fourth-order valence-corrected chi connectivity index (χ4v) is 5.82. The van der Waals surface area contributed by atoms with Crippen LogP contribution in [0.5, 0.6) is 0 Å². The van der Waals surface area contributed by atoms with Gasteiger partial charge in [0.2, 0.25) is 0 Å². The van der Waals surface area contributed by atoms with Crippen molar-refractivity contribution in [2.24, 2.45) is 0 Å². The minimum Gasteiger partial charge on any atom is -0.391 e. The van der Waals surface area contributed by atoms with Crippen molar-refractivity contribution in [2.75, 3.05) is 7.11 Å². The highest BCUT2D eigenvalue weighted by Gasteiger charge is 2.50. The number of methoxy groups -OCH3 is 1. The van der Waals surface area contributed by atoms with Crippen LogP contribution >= 0.6 is 33.9 Å². The van der Waals surface area contributed by atoms with Crippen LogP contribution in [-0.4, -0.2) is 71.3 Å². The molecule has 1 aliphatic heterocycles. The lowest BCUT2D eigenvalue weighted by Gasteiger charge is -2.44. The molecule has 186 valence electrons. The molecule has 0 bridgehead atoms. The first-order valence-corrected chi connectivity index (χ1v) is 12.8. The molecule has 0 aliphatic carbocycles. The number of aromatic nitrogens is 6. The van der Waals surface area contributed by atoms with Crippen molar-refractivity contribution < 1.29 is 24.1 Å². The Labute approximate surface area is 217 Å². The SMILES string of the molecule is CO[C@H]1C(C(C)O)O[C@@H](c2nc(C)nn2-c2cc3sc(C)nc3cc2F)C(O)C1n1cc(I)cn1. The monoisotopic (exact) mass is 614 g/mol. The lowest BCUT2D eigenvalue weighted by molar-refractivity contribution is -0.230. The number of fused-ring (bicyclic) bond motifs is 1. The van der Waals surface area contributed by atoms with Gasteiger partial charge in [-0.2, -0.15) is 10.2 Å². The van der Waals surface area contributed by atoms with Crippen molar-refractivity contribution in [3.8, 4) is 5.69 Å². The first-order chi connectivity index (χ1) is 16.7. The minimum absolute atomic E-state index is 0.167. The summed E-state index contributed by atoms with van der Waals surface area (Å²) in [4.78, 5) is 8.85. The Morgan fingerprint density at radius 3 is 2.71 bits per heavy atom. The highest BCUT2D eigenvalue weighted by molar-refractivity contribution is 14.1. The second kappa shape index (κ2) is 9.44. The summed E-state index contributed by atoms with van der Waals surface area (Å²) < 4.78 is 31.7. The topological polar surface area (TPSA) is 120 Å². The molecular formula is C22H24FIN6O4S. The second-order valence-corrected chi connectivity index (χ2v) is 11.0. The number of aryl methyl sites for hydroxylation is 2. The first-order valence-electron chi connectivity index (χ1n) is 10.9. The van der Waals surface area contributed by atoms with Gasteiger partial charge in [0.25, 0.3) is 0 Å². The van der Waals surface area contributed by atoms with Gasteiger partial charge in [-0.05, 0) is 49.4 Å². The number of thiazole rings is 1. The predicted octanol–water partition coefficient (Wildman–Crippen LogP) is 2.87. The Kier molecular flexibility index (Phi) is 6.65. The zero-order valence-electron chi connectivity index (χ0n) is 19.3.